The first-order valence-electron chi connectivity index (χ1n) is 22.9. The van der Waals surface area contributed by atoms with Gasteiger partial charge in [-0.15, -0.1) is 0 Å². The number of para-hydroxylation sites is 3. The Kier molecular flexibility index (Phi) is 9.01. The molecule has 0 saturated carbocycles. The Morgan fingerprint density at radius 1 is 0.530 bits per heavy atom. The molecule has 0 unspecified atom stereocenters. The number of aromatic nitrogens is 4. The maximum absolute atomic E-state index is 7.02. The van der Waals surface area contributed by atoms with Gasteiger partial charge in [0.2, 0.25) is 0 Å². The van der Waals surface area contributed by atoms with E-state index in [0.717, 1.165) is 61.6 Å². The summed E-state index contributed by atoms with van der Waals surface area (Å²) in [6.45, 7) is 11.4. The topological polar surface area (TPSA) is 35.9 Å². The van der Waals surface area contributed by atoms with Gasteiger partial charge in [-0.05, 0) is 105 Å². The summed E-state index contributed by atoms with van der Waals surface area (Å²) in [5.74, 6) is 2.38. The highest BCUT2D eigenvalue weighted by Gasteiger charge is 2.40. The van der Waals surface area contributed by atoms with E-state index in [4.69, 9.17) is 9.72 Å². The van der Waals surface area contributed by atoms with Crippen molar-refractivity contribution in [2.75, 3.05) is 0 Å². The summed E-state index contributed by atoms with van der Waals surface area (Å²) in [6, 6.07) is 69.7. The lowest BCUT2D eigenvalue weighted by molar-refractivity contribution is -0.566. The molecule has 0 aliphatic heterocycles. The van der Waals surface area contributed by atoms with Gasteiger partial charge in [0.05, 0.1) is 11.0 Å². The van der Waals surface area contributed by atoms with Crippen molar-refractivity contribution in [2.24, 2.45) is 0 Å². The summed E-state index contributed by atoms with van der Waals surface area (Å²) >= 11 is 0. The molecule has 0 N–H and O–H groups in total. The van der Waals surface area contributed by atoms with Crippen molar-refractivity contribution in [1.29, 1.82) is 0 Å². The third-order valence-corrected chi connectivity index (χ3v) is 13.7. The first kappa shape index (κ1) is 39.6. The smallest absolute Gasteiger partial charge is 0.255 e. The molecule has 66 heavy (non-hydrogen) atoms. The average Bonchev–Trinajstić information content (AvgIpc) is 3.97. The Labute approximate surface area is 385 Å². The highest BCUT2D eigenvalue weighted by molar-refractivity contribution is 6.09. The van der Waals surface area contributed by atoms with Crippen LogP contribution in [0.15, 0.2) is 207 Å². The van der Waals surface area contributed by atoms with E-state index in [1.54, 1.807) is 0 Å². The van der Waals surface area contributed by atoms with E-state index >= 15 is 0 Å². The SMILES string of the molecule is CC(C)(C)c1ccnc(-n2c3ccccc3c3ccc(Oc4cc(-c5ccccc5)cc(-n5c[n+](-c6c(-c7ccccc7)ccc7c6-c6ccccc6C7(C)C)c6ccccc65)c4)cc32)c1. The van der Waals surface area contributed by atoms with E-state index < -0.39 is 0 Å². The van der Waals surface area contributed by atoms with Gasteiger partial charge in [0.15, 0.2) is 11.0 Å². The number of ether oxygens (including phenoxy) is 1. The lowest BCUT2D eigenvalue weighted by Crippen LogP contribution is -2.31. The molecule has 0 radical (unpaired) electrons. The van der Waals surface area contributed by atoms with E-state index in [-0.39, 0.29) is 10.8 Å². The van der Waals surface area contributed by atoms with Crippen LogP contribution < -0.4 is 9.30 Å². The van der Waals surface area contributed by atoms with Gasteiger partial charge >= 0.3 is 0 Å². The number of imidazole rings is 1. The van der Waals surface area contributed by atoms with Gasteiger partial charge in [-0.1, -0.05) is 156 Å². The molecule has 0 atom stereocenters. The Balaban J connectivity index is 1.05. The zero-order chi connectivity index (χ0) is 44.7. The fourth-order valence-electron chi connectivity index (χ4n) is 10.4. The summed E-state index contributed by atoms with van der Waals surface area (Å²) in [7, 11) is 0. The van der Waals surface area contributed by atoms with E-state index in [1.807, 2.05) is 6.20 Å². The molecule has 1 aliphatic rings. The van der Waals surface area contributed by atoms with Gasteiger partial charge in [0, 0.05) is 45.6 Å². The number of benzene rings is 8. The van der Waals surface area contributed by atoms with E-state index in [1.165, 1.54) is 50.0 Å². The fourth-order valence-corrected chi connectivity index (χ4v) is 10.4. The van der Waals surface area contributed by atoms with Crippen LogP contribution in [0.25, 0.3) is 83.4 Å². The molecule has 3 heterocycles. The summed E-state index contributed by atoms with van der Waals surface area (Å²) in [6.07, 6.45) is 4.20. The minimum atomic E-state index is -0.157. The Bertz CT molecular complexity index is 3680. The maximum atomic E-state index is 7.02. The first-order valence-corrected chi connectivity index (χ1v) is 22.9. The normalized spacial score (nSPS) is 13.0. The molecule has 5 heteroatoms. The molecule has 3 aromatic heterocycles. The molecule has 0 saturated heterocycles. The fraction of sp³-hybridized carbons (Fsp3) is 0.115. The van der Waals surface area contributed by atoms with E-state index in [2.05, 4.69) is 249 Å². The number of pyridine rings is 1. The molecule has 1 aliphatic carbocycles. The van der Waals surface area contributed by atoms with Crippen LogP contribution in [0.1, 0.15) is 51.3 Å². The molecule has 318 valence electrons. The number of rotatable bonds is 7. The second-order valence-corrected chi connectivity index (χ2v) is 19.1. The molecule has 12 rings (SSSR count). The van der Waals surface area contributed by atoms with E-state index in [0.29, 0.717) is 0 Å². The van der Waals surface area contributed by atoms with Crippen LogP contribution in [-0.4, -0.2) is 14.1 Å². The van der Waals surface area contributed by atoms with Gasteiger partial charge in [-0.2, -0.15) is 9.13 Å². The molecule has 5 nitrogen and oxygen atoms in total. The molecule has 8 aromatic carbocycles. The largest absolute Gasteiger partial charge is 0.457 e. The summed E-state index contributed by atoms with van der Waals surface area (Å²) in [4.78, 5) is 4.93. The Hall–Kier alpha value is -8.02. The van der Waals surface area contributed by atoms with Crippen LogP contribution >= 0.6 is 0 Å². The molecular formula is C61H49N4O+. The van der Waals surface area contributed by atoms with Gasteiger partial charge in [0.25, 0.3) is 6.33 Å². The quantitative estimate of drug-likeness (QED) is 0.150. The second-order valence-electron chi connectivity index (χ2n) is 19.1. The standard InChI is InChI=1S/C61H49N4O/c1-60(2,3)43-32-33-62-57(36-43)65-53-25-15-13-22-48(53)49-29-28-45(38-56(49)65)66-46-35-42(40-18-8-6-9-19-40)34-44(37-46)63-39-64(55-27-17-16-26-54(55)63)59-47(41-20-10-7-11-21-41)30-31-52-58(59)50-23-12-14-24-51(50)61(52,4)5/h6-39H,1-5H3/q+1. The number of nitrogens with zero attached hydrogens (tertiary/aromatic N) is 4. The van der Waals surface area contributed by atoms with Crippen LogP contribution in [0.4, 0.5) is 0 Å². The minimum absolute atomic E-state index is 0.0236. The summed E-state index contributed by atoms with van der Waals surface area (Å²) in [5, 5.41) is 2.32. The van der Waals surface area contributed by atoms with Crippen LogP contribution in [0.2, 0.25) is 0 Å². The van der Waals surface area contributed by atoms with Crippen LogP contribution in [0.3, 0.4) is 0 Å². The van der Waals surface area contributed by atoms with Crippen molar-refractivity contribution >= 4 is 32.8 Å². The average molecular weight is 854 g/mol. The van der Waals surface area contributed by atoms with Crippen LogP contribution in [0, 0.1) is 0 Å². The highest BCUT2D eigenvalue weighted by atomic mass is 16.5. The molecule has 0 amide bonds. The number of hydrogen-bond acceptors (Lipinski definition) is 2. The lowest BCUT2D eigenvalue weighted by atomic mass is 9.82. The number of fused-ring (bicyclic) bond motifs is 7. The van der Waals surface area contributed by atoms with Crippen molar-refractivity contribution in [3.8, 4) is 62.1 Å². The predicted molar refractivity (Wildman–Crippen MR) is 271 cm³/mol. The maximum Gasteiger partial charge on any atom is 0.255 e. The Morgan fingerprint density at radius 2 is 1.23 bits per heavy atom. The summed E-state index contributed by atoms with van der Waals surface area (Å²) < 4.78 is 14.0. The zero-order valence-corrected chi connectivity index (χ0v) is 37.8. The number of hydrogen-bond donors (Lipinski definition) is 0. The van der Waals surface area contributed by atoms with Gasteiger partial charge in [0.1, 0.15) is 28.7 Å². The van der Waals surface area contributed by atoms with Crippen LogP contribution in [-0.2, 0) is 10.8 Å². The summed E-state index contributed by atoms with van der Waals surface area (Å²) in [5.41, 5.74) is 17.3. The van der Waals surface area contributed by atoms with Crippen LogP contribution in [0.5, 0.6) is 11.5 Å². The molecular weight excluding hydrogens is 805 g/mol. The van der Waals surface area contributed by atoms with Crippen molar-refractivity contribution in [3.63, 3.8) is 0 Å². The predicted octanol–water partition coefficient (Wildman–Crippen LogP) is 15.1. The molecule has 0 fully saturated rings. The highest BCUT2D eigenvalue weighted by Crippen LogP contribution is 2.52. The van der Waals surface area contributed by atoms with E-state index in [9.17, 15) is 0 Å². The van der Waals surface area contributed by atoms with Crippen molar-refractivity contribution < 1.29 is 9.30 Å². The second kappa shape index (κ2) is 15.0. The molecule has 0 spiro atoms. The third-order valence-electron chi connectivity index (χ3n) is 13.7. The monoisotopic (exact) mass is 853 g/mol. The Morgan fingerprint density at radius 3 is 2.03 bits per heavy atom. The minimum Gasteiger partial charge on any atom is -0.457 e. The zero-order valence-electron chi connectivity index (χ0n) is 37.8. The lowest BCUT2D eigenvalue weighted by Gasteiger charge is -2.22. The van der Waals surface area contributed by atoms with Crippen molar-refractivity contribution in [1.82, 2.24) is 14.1 Å². The van der Waals surface area contributed by atoms with Gasteiger partial charge < -0.3 is 4.74 Å². The van der Waals surface area contributed by atoms with Crippen molar-refractivity contribution in [2.45, 2.75) is 45.4 Å². The molecule has 11 aromatic rings. The van der Waals surface area contributed by atoms with Gasteiger partial charge in [-0.25, -0.2) is 4.98 Å². The third kappa shape index (κ3) is 6.37. The van der Waals surface area contributed by atoms with Gasteiger partial charge in [-0.3, -0.25) is 4.57 Å². The van der Waals surface area contributed by atoms with Crippen molar-refractivity contribution in [3.05, 3.63) is 223 Å². The first-order chi connectivity index (χ1) is 32.1. The molecule has 0 bridgehead atoms.